The summed E-state index contributed by atoms with van der Waals surface area (Å²) in [5.41, 5.74) is 1.27. The fourth-order valence-corrected chi connectivity index (χ4v) is 4.40. The first-order chi connectivity index (χ1) is 8.26. The van der Waals surface area contributed by atoms with Crippen molar-refractivity contribution in [1.82, 2.24) is 5.32 Å². The van der Waals surface area contributed by atoms with Crippen LogP contribution in [0.25, 0.3) is 0 Å². The number of rotatable bonds is 3. The molecule has 0 saturated carbocycles. The van der Waals surface area contributed by atoms with E-state index in [1.807, 2.05) is 6.07 Å². The van der Waals surface area contributed by atoms with Crippen LogP contribution >= 0.6 is 0 Å². The van der Waals surface area contributed by atoms with Gasteiger partial charge in [0.15, 0.2) is 0 Å². The van der Waals surface area contributed by atoms with Crippen molar-refractivity contribution in [3.8, 4) is 0 Å². The van der Waals surface area contributed by atoms with Crippen LogP contribution in [0.4, 0.5) is 0 Å². The maximum atomic E-state index is 12.2. The van der Waals surface area contributed by atoms with Gasteiger partial charge < -0.3 is 5.32 Å². The van der Waals surface area contributed by atoms with Gasteiger partial charge in [-0.25, -0.2) is 0 Å². The topological polar surface area (TPSA) is 29.1 Å². The molecule has 3 heteroatoms. The minimum Gasteiger partial charge on any atom is -0.305 e. The van der Waals surface area contributed by atoms with E-state index in [0.29, 0.717) is 6.04 Å². The molecule has 2 nitrogen and oxygen atoms in total. The minimum absolute atomic E-state index is 0.250. The summed E-state index contributed by atoms with van der Waals surface area (Å²) in [7, 11) is -0.701. The molecule has 1 aliphatic rings. The summed E-state index contributed by atoms with van der Waals surface area (Å²) in [5.74, 6) is 0.804. The second kappa shape index (κ2) is 5.78. The highest BCUT2D eigenvalue weighted by atomic mass is 32.2. The fourth-order valence-electron chi connectivity index (χ4n) is 2.51. The highest BCUT2D eigenvalue weighted by Crippen LogP contribution is 2.28. The summed E-state index contributed by atoms with van der Waals surface area (Å²) in [6, 6.07) is 11.1. The largest absolute Gasteiger partial charge is 0.305 e. The molecule has 2 rings (SSSR count). The van der Waals surface area contributed by atoms with E-state index in [1.54, 1.807) is 0 Å². The highest BCUT2D eigenvalue weighted by Gasteiger charge is 2.34. The lowest BCUT2D eigenvalue weighted by Gasteiger charge is -2.36. The molecule has 94 valence electrons. The molecule has 1 N–H and O–H groups in total. The van der Waals surface area contributed by atoms with E-state index in [-0.39, 0.29) is 11.3 Å². The second-order valence-electron chi connectivity index (χ2n) is 4.65. The molecule has 17 heavy (non-hydrogen) atoms. The third-order valence-corrected chi connectivity index (χ3v) is 5.56. The SMILES string of the molecule is CCC1CS(=O)C(CC)C(c2ccccc2)N1. The molecule has 0 radical (unpaired) electrons. The van der Waals surface area contributed by atoms with Crippen molar-refractivity contribution in [2.45, 2.75) is 44.0 Å². The minimum atomic E-state index is -0.701. The molecule has 0 amide bonds. The Balaban J connectivity index is 2.25. The maximum Gasteiger partial charge on any atom is 0.0540 e. The summed E-state index contributed by atoms with van der Waals surface area (Å²) in [6.45, 7) is 4.29. The molecule has 0 aromatic heterocycles. The molecule has 0 spiro atoms. The fraction of sp³-hybridized carbons (Fsp3) is 0.571. The molecular weight excluding hydrogens is 230 g/mol. The summed E-state index contributed by atoms with van der Waals surface area (Å²) >= 11 is 0. The average molecular weight is 251 g/mol. The van der Waals surface area contributed by atoms with E-state index < -0.39 is 10.8 Å². The first kappa shape index (κ1) is 12.8. The molecule has 0 bridgehead atoms. The van der Waals surface area contributed by atoms with Crippen LogP contribution < -0.4 is 5.32 Å². The lowest BCUT2D eigenvalue weighted by atomic mass is 10.00. The van der Waals surface area contributed by atoms with Gasteiger partial charge in [-0.3, -0.25) is 4.21 Å². The third-order valence-electron chi connectivity index (χ3n) is 3.54. The Bertz CT molecular complexity index is 379. The summed E-state index contributed by atoms with van der Waals surface area (Å²) < 4.78 is 12.2. The van der Waals surface area contributed by atoms with Gasteiger partial charge in [0.05, 0.1) is 5.25 Å². The van der Waals surface area contributed by atoms with Gasteiger partial charge in [0.2, 0.25) is 0 Å². The molecule has 1 aromatic rings. The van der Waals surface area contributed by atoms with Crippen LogP contribution in [0, 0.1) is 0 Å². The zero-order valence-corrected chi connectivity index (χ0v) is 11.4. The molecule has 0 aliphatic carbocycles. The van der Waals surface area contributed by atoms with Crippen LogP contribution in [0.5, 0.6) is 0 Å². The maximum absolute atomic E-state index is 12.2. The molecular formula is C14H21NOS. The van der Waals surface area contributed by atoms with Gasteiger partial charge in [-0.05, 0) is 18.4 Å². The van der Waals surface area contributed by atoms with Crippen molar-refractivity contribution in [3.63, 3.8) is 0 Å². The molecule has 1 aromatic carbocycles. The van der Waals surface area contributed by atoms with E-state index in [0.717, 1.165) is 18.6 Å². The number of nitrogens with one attached hydrogen (secondary N) is 1. The van der Waals surface area contributed by atoms with Crippen LogP contribution in [0.1, 0.15) is 38.3 Å². The molecule has 1 heterocycles. The zero-order chi connectivity index (χ0) is 12.3. The third kappa shape index (κ3) is 2.78. The first-order valence-electron chi connectivity index (χ1n) is 6.44. The van der Waals surface area contributed by atoms with Crippen molar-refractivity contribution in [2.24, 2.45) is 0 Å². The number of benzene rings is 1. The molecule has 4 atom stereocenters. The van der Waals surface area contributed by atoms with Gasteiger partial charge in [0.25, 0.3) is 0 Å². The van der Waals surface area contributed by atoms with Crippen LogP contribution in [0.15, 0.2) is 30.3 Å². The lowest BCUT2D eigenvalue weighted by Crippen LogP contribution is -2.49. The van der Waals surface area contributed by atoms with Crippen molar-refractivity contribution in [3.05, 3.63) is 35.9 Å². The Morgan fingerprint density at radius 1 is 1.24 bits per heavy atom. The molecule has 1 fully saturated rings. The van der Waals surface area contributed by atoms with Crippen LogP contribution in [0.3, 0.4) is 0 Å². The predicted molar refractivity (Wildman–Crippen MR) is 73.5 cm³/mol. The quantitative estimate of drug-likeness (QED) is 0.895. The Kier molecular flexibility index (Phi) is 4.35. The first-order valence-corrected chi connectivity index (χ1v) is 7.82. The van der Waals surface area contributed by atoms with Gasteiger partial charge >= 0.3 is 0 Å². The molecule has 4 unspecified atom stereocenters. The standard InChI is InChI=1S/C14H21NOS/c1-3-12-10-17(16)13(4-2)14(15-12)11-8-6-5-7-9-11/h5-9,12-15H,3-4,10H2,1-2H3. The van der Waals surface area contributed by atoms with Crippen LogP contribution in [-0.4, -0.2) is 21.3 Å². The van der Waals surface area contributed by atoms with E-state index in [4.69, 9.17) is 0 Å². The highest BCUT2D eigenvalue weighted by molar-refractivity contribution is 7.85. The Labute approximate surface area is 106 Å². The van der Waals surface area contributed by atoms with Crippen molar-refractivity contribution in [1.29, 1.82) is 0 Å². The van der Waals surface area contributed by atoms with Gasteiger partial charge in [-0.15, -0.1) is 0 Å². The smallest absolute Gasteiger partial charge is 0.0540 e. The normalized spacial score (nSPS) is 33.5. The van der Waals surface area contributed by atoms with E-state index >= 15 is 0 Å². The van der Waals surface area contributed by atoms with Gasteiger partial charge in [0.1, 0.15) is 0 Å². The summed E-state index contributed by atoms with van der Waals surface area (Å²) in [6.07, 6.45) is 2.01. The van der Waals surface area contributed by atoms with Crippen LogP contribution in [0.2, 0.25) is 0 Å². The number of hydrogen-bond acceptors (Lipinski definition) is 2. The zero-order valence-electron chi connectivity index (χ0n) is 10.6. The van der Waals surface area contributed by atoms with E-state index in [9.17, 15) is 4.21 Å². The Morgan fingerprint density at radius 3 is 2.53 bits per heavy atom. The monoisotopic (exact) mass is 251 g/mol. The molecule has 1 aliphatic heterocycles. The summed E-state index contributed by atoms with van der Waals surface area (Å²) in [4.78, 5) is 0. The average Bonchev–Trinajstić information content (AvgIpc) is 2.38. The predicted octanol–water partition coefficient (Wildman–Crippen LogP) is 2.64. The van der Waals surface area contributed by atoms with Gasteiger partial charge in [-0.2, -0.15) is 0 Å². The number of hydrogen-bond donors (Lipinski definition) is 1. The van der Waals surface area contributed by atoms with Gasteiger partial charge in [-0.1, -0.05) is 44.2 Å². The van der Waals surface area contributed by atoms with Crippen molar-refractivity contribution in [2.75, 3.05) is 5.75 Å². The Hall–Kier alpha value is -0.670. The van der Waals surface area contributed by atoms with E-state index in [1.165, 1.54) is 5.56 Å². The van der Waals surface area contributed by atoms with E-state index in [2.05, 4.69) is 43.4 Å². The van der Waals surface area contributed by atoms with Crippen molar-refractivity contribution >= 4 is 10.8 Å². The van der Waals surface area contributed by atoms with Crippen LogP contribution in [-0.2, 0) is 10.8 Å². The summed E-state index contributed by atoms with van der Waals surface area (Å²) in [5, 5.41) is 3.91. The van der Waals surface area contributed by atoms with Crippen molar-refractivity contribution < 1.29 is 4.21 Å². The van der Waals surface area contributed by atoms with Gasteiger partial charge in [0, 0.05) is 28.6 Å². The lowest BCUT2D eigenvalue weighted by molar-refractivity contribution is 0.407. The Morgan fingerprint density at radius 2 is 1.94 bits per heavy atom. The molecule has 1 saturated heterocycles. The second-order valence-corrected chi connectivity index (χ2v) is 6.35.